The Labute approximate surface area is 216 Å². The van der Waals surface area contributed by atoms with Crippen LogP contribution in [0.4, 0.5) is 5.69 Å². The number of anilines is 1. The Morgan fingerprint density at radius 2 is 1.94 bits per heavy atom. The number of ketones is 1. The van der Waals surface area contributed by atoms with Crippen LogP contribution < -0.4 is 39.2 Å². The summed E-state index contributed by atoms with van der Waals surface area (Å²) in [4.78, 5) is 24.4. The third kappa shape index (κ3) is 6.27. The second-order valence-electron chi connectivity index (χ2n) is 8.76. The average molecular weight is 486 g/mol. The largest absolute Gasteiger partial charge is 1.00 e. The summed E-state index contributed by atoms with van der Waals surface area (Å²) < 4.78 is 41.4. The number of rotatable bonds is 9. The van der Waals surface area contributed by atoms with Gasteiger partial charge in [0.15, 0.2) is 11.5 Å². The first-order chi connectivity index (χ1) is 14.9. The van der Waals surface area contributed by atoms with E-state index in [0.29, 0.717) is 24.3 Å². The maximum atomic E-state index is 12.5. The monoisotopic (exact) mass is 485 g/mol. The number of carbonyl (C=O) groups is 2. The second kappa shape index (κ2) is 10.7. The molecule has 0 unspecified atom stereocenters. The number of hydrogen-bond acceptors (Lipinski definition) is 7. The molecule has 1 N–H and O–H groups in total. The van der Waals surface area contributed by atoms with Crippen LogP contribution in [0.25, 0.3) is 6.08 Å². The van der Waals surface area contributed by atoms with Crippen molar-refractivity contribution in [1.82, 2.24) is 0 Å². The van der Waals surface area contributed by atoms with E-state index in [4.69, 9.17) is 9.84 Å². The summed E-state index contributed by atoms with van der Waals surface area (Å²) in [7, 11) is -4.99. The van der Waals surface area contributed by atoms with Gasteiger partial charge in [0.2, 0.25) is 0 Å². The number of carboxylic acids is 1. The van der Waals surface area contributed by atoms with Gasteiger partial charge in [-0.05, 0) is 38.0 Å². The van der Waals surface area contributed by atoms with Gasteiger partial charge in [-0.2, -0.15) is 0 Å². The molecule has 0 radical (unpaired) electrons. The molecule has 3 rings (SSSR count). The van der Waals surface area contributed by atoms with Gasteiger partial charge < -0.3 is 19.3 Å². The predicted octanol–water partition coefficient (Wildman–Crippen LogP) is 0.694. The standard InChI is InChI=1S/C23H29NO7S.Na/c1-4-24(11-7-5-6-8-20(26)27)16-10-9-15-12-17-21(31-19(15)13-16)22(32(28,29)30)18(25)14-23(17,2)3;/h9-10,12-13H,4-8,11,14H2,1-3H3,(H,26,27)(H,28,29,30);/q;+1/p-1. The van der Waals surface area contributed by atoms with Crippen LogP contribution in [0.3, 0.4) is 0 Å². The molecule has 0 aromatic heterocycles. The Kier molecular flexibility index (Phi) is 8.98. The molecule has 1 aromatic rings. The van der Waals surface area contributed by atoms with Crippen LogP contribution >= 0.6 is 0 Å². The number of aliphatic carboxylic acids is 1. The smallest absolute Gasteiger partial charge is 0.744 e. The first-order valence-electron chi connectivity index (χ1n) is 10.7. The molecule has 1 aliphatic heterocycles. The number of fused-ring (bicyclic) bond motifs is 2. The van der Waals surface area contributed by atoms with Crippen molar-refractivity contribution < 1.29 is 62.0 Å². The molecule has 1 aliphatic carbocycles. The van der Waals surface area contributed by atoms with E-state index in [1.165, 1.54) is 0 Å². The van der Waals surface area contributed by atoms with Gasteiger partial charge in [0.1, 0.15) is 20.8 Å². The van der Waals surface area contributed by atoms with Crippen LogP contribution in [0, 0.1) is 5.41 Å². The molecule has 0 fully saturated rings. The van der Waals surface area contributed by atoms with Gasteiger partial charge in [0.25, 0.3) is 0 Å². The molecule has 0 bridgehead atoms. The molecule has 10 heteroatoms. The molecule has 0 saturated heterocycles. The van der Waals surface area contributed by atoms with Crippen molar-refractivity contribution in [1.29, 1.82) is 0 Å². The van der Waals surface area contributed by atoms with E-state index in [1.54, 1.807) is 12.1 Å². The summed E-state index contributed by atoms with van der Waals surface area (Å²) in [6.45, 7) is 7.08. The first-order valence-corrected chi connectivity index (χ1v) is 12.1. The molecule has 0 amide bonds. The van der Waals surface area contributed by atoms with Crippen molar-refractivity contribution in [2.24, 2.45) is 5.41 Å². The van der Waals surface area contributed by atoms with E-state index in [2.05, 4.69) is 4.90 Å². The maximum absolute atomic E-state index is 12.5. The summed E-state index contributed by atoms with van der Waals surface area (Å²) >= 11 is 0. The number of nitrogens with zero attached hydrogens (tertiary/aromatic N) is 1. The number of carboxylic acid groups (broad SMARTS) is 1. The molecule has 0 atom stereocenters. The zero-order chi connectivity index (χ0) is 23.7. The van der Waals surface area contributed by atoms with E-state index in [1.807, 2.05) is 32.9 Å². The predicted molar refractivity (Wildman–Crippen MR) is 119 cm³/mol. The normalized spacial score (nSPS) is 16.7. The van der Waals surface area contributed by atoms with Gasteiger partial charge >= 0.3 is 35.5 Å². The van der Waals surface area contributed by atoms with E-state index in [0.717, 1.165) is 30.6 Å². The van der Waals surface area contributed by atoms with Crippen molar-refractivity contribution in [2.75, 3.05) is 18.0 Å². The Bertz CT molecular complexity index is 1110. The number of allylic oxidation sites excluding steroid dienone is 2. The third-order valence-corrected chi connectivity index (χ3v) is 6.77. The van der Waals surface area contributed by atoms with Crippen molar-refractivity contribution in [2.45, 2.75) is 52.9 Å². The quantitative estimate of drug-likeness (QED) is 0.308. The molecule has 33 heavy (non-hydrogen) atoms. The van der Waals surface area contributed by atoms with E-state index >= 15 is 0 Å². The molecule has 8 nitrogen and oxygen atoms in total. The molecule has 1 heterocycles. The molecule has 174 valence electrons. The minimum absolute atomic E-state index is 0. The molecular weight excluding hydrogens is 457 g/mol. The number of hydrogen-bond donors (Lipinski definition) is 1. The van der Waals surface area contributed by atoms with Gasteiger partial charge in [-0.3, -0.25) is 9.59 Å². The summed E-state index contributed by atoms with van der Waals surface area (Å²) in [5.74, 6) is -1.30. The Hall–Kier alpha value is -1.65. The Morgan fingerprint density at radius 3 is 2.55 bits per heavy atom. The van der Waals surface area contributed by atoms with Crippen molar-refractivity contribution in [3.05, 3.63) is 40.0 Å². The second-order valence-corrected chi connectivity index (χ2v) is 10.1. The van der Waals surface area contributed by atoms with Crippen LogP contribution in [-0.2, 0) is 19.7 Å². The van der Waals surface area contributed by atoms with Crippen molar-refractivity contribution in [3.63, 3.8) is 0 Å². The van der Waals surface area contributed by atoms with E-state index in [9.17, 15) is 22.6 Å². The molecule has 0 spiro atoms. The van der Waals surface area contributed by atoms with Crippen molar-refractivity contribution in [3.8, 4) is 5.75 Å². The van der Waals surface area contributed by atoms with E-state index in [-0.39, 0.29) is 48.2 Å². The van der Waals surface area contributed by atoms with E-state index < -0.39 is 32.2 Å². The SMILES string of the molecule is CCN(CCCCCC(=O)O)c1ccc2c(c1)OC1=C(S(=O)(=O)[O-])C(=O)CC(C)(C)C1=C2.[Na+]. The summed E-state index contributed by atoms with van der Waals surface area (Å²) in [6, 6.07) is 5.60. The molecule has 2 aliphatic rings. The van der Waals surface area contributed by atoms with Gasteiger partial charge in [-0.1, -0.05) is 20.3 Å². The van der Waals surface area contributed by atoms with Gasteiger partial charge in [-0.25, -0.2) is 8.42 Å². The summed E-state index contributed by atoms with van der Waals surface area (Å²) in [6.07, 6.45) is 4.11. The topological polar surface area (TPSA) is 124 Å². The molecular formula is C23H28NNaO7S. The summed E-state index contributed by atoms with van der Waals surface area (Å²) in [5.41, 5.74) is 1.46. The zero-order valence-electron chi connectivity index (χ0n) is 19.5. The Morgan fingerprint density at radius 1 is 1.24 bits per heavy atom. The number of benzene rings is 1. The summed E-state index contributed by atoms with van der Waals surface area (Å²) in [5, 5.41) is 8.75. The number of unbranched alkanes of at least 4 members (excludes halogenated alkanes) is 2. The number of carbonyl (C=O) groups excluding carboxylic acids is 1. The van der Waals surface area contributed by atoms with Crippen molar-refractivity contribution >= 4 is 33.6 Å². The van der Waals surface area contributed by atoms with Crippen LogP contribution in [0.2, 0.25) is 0 Å². The third-order valence-electron chi connectivity index (χ3n) is 5.86. The van der Waals surface area contributed by atoms with Crippen LogP contribution in [0.15, 0.2) is 34.4 Å². The van der Waals surface area contributed by atoms with Gasteiger partial charge in [0.05, 0.1) is 0 Å². The van der Waals surface area contributed by atoms with Gasteiger partial charge in [0, 0.05) is 54.2 Å². The maximum Gasteiger partial charge on any atom is 1.00 e. The minimum Gasteiger partial charge on any atom is -0.744 e. The molecule has 1 aromatic carbocycles. The fourth-order valence-electron chi connectivity index (χ4n) is 4.17. The number of ether oxygens (including phenoxy) is 1. The minimum atomic E-state index is -4.99. The van der Waals surface area contributed by atoms with Crippen LogP contribution in [0.5, 0.6) is 5.75 Å². The average Bonchev–Trinajstić information content (AvgIpc) is 2.67. The van der Waals surface area contributed by atoms with Crippen LogP contribution in [-0.4, -0.2) is 42.9 Å². The van der Waals surface area contributed by atoms with Gasteiger partial charge in [-0.15, -0.1) is 0 Å². The molecule has 0 saturated carbocycles. The Balaban J connectivity index is 0.00000385. The number of Topliss-reactive ketones (excluding diaryl/α,β-unsaturated/α-hetero) is 1. The zero-order valence-corrected chi connectivity index (χ0v) is 22.3. The first kappa shape index (κ1) is 27.6. The fourth-order valence-corrected chi connectivity index (χ4v) is 4.90. The fraction of sp³-hybridized carbons (Fsp3) is 0.478. The van der Waals surface area contributed by atoms with Crippen LogP contribution in [0.1, 0.15) is 58.4 Å².